The highest BCUT2D eigenvalue weighted by Gasteiger charge is 2.34. The average molecular weight is 339 g/mol. The lowest BCUT2D eigenvalue weighted by Gasteiger charge is -2.43. The molecule has 0 aromatic carbocycles. The molecule has 130 valence electrons. The van der Waals surface area contributed by atoms with Gasteiger partial charge in [-0.15, -0.1) is 11.3 Å². The van der Waals surface area contributed by atoms with Crippen molar-refractivity contribution in [2.24, 2.45) is 4.99 Å². The quantitative estimate of drug-likeness (QED) is 0.616. The SMILES string of the molecule is CCc1ccc(CNC(=NC)NCC2(N(C)C)CCOCC2)s1. The number of hydrogen-bond acceptors (Lipinski definition) is 4. The maximum atomic E-state index is 5.53. The van der Waals surface area contributed by atoms with E-state index in [2.05, 4.69) is 53.7 Å². The number of hydrogen-bond donors (Lipinski definition) is 2. The highest BCUT2D eigenvalue weighted by molar-refractivity contribution is 7.11. The van der Waals surface area contributed by atoms with Crippen molar-refractivity contribution in [3.05, 3.63) is 21.9 Å². The lowest BCUT2D eigenvalue weighted by molar-refractivity contribution is -0.00501. The Morgan fingerprint density at radius 1 is 1.26 bits per heavy atom. The van der Waals surface area contributed by atoms with E-state index in [0.717, 1.165) is 51.5 Å². The highest BCUT2D eigenvalue weighted by atomic mass is 32.1. The average Bonchev–Trinajstić information content (AvgIpc) is 3.04. The molecular weight excluding hydrogens is 308 g/mol. The second-order valence-electron chi connectivity index (χ2n) is 6.23. The minimum Gasteiger partial charge on any atom is -0.381 e. The summed E-state index contributed by atoms with van der Waals surface area (Å²) in [6.45, 7) is 5.57. The van der Waals surface area contributed by atoms with Gasteiger partial charge in [0, 0.05) is 42.1 Å². The van der Waals surface area contributed by atoms with Crippen LogP contribution in [0.2, 0.25) is 0 Å². The molecule has 0 unspecified atom stereocenters. The van der Waals surface area contributed by atoms with Gasteiger partial charge in [0.15, 0.2) is 5.96 Å². The van der Waals surface area contributed by atoms with Gasteiger partial charge in [-0.25, -0.2) is 0 Å². The third kappa shape index (κ3) is 4.93. The van der Waals surface area contributed by atoms with E-state index in [4.69, 9.17) is 4.74 Å². The number of thiophene rings is 1. The Hall–Kier alpha value is -1.11. The zero-order valence-electron chi connectivity index (χ0n) is 14.8. The predicted octanol–water partition coefficient (Wildman–Crippen LogP) is 2.09. The standard InChI is InChI=1S/C17H30N4OS/c1-5-14-6-7-15(23-14)12-19-16(18-2)20-13-17(21(3)4)8-10-22-11-9-17/h6-7H,5,8-13H2,1-4H3,(H2,18,19,20). The van der Waals surface area contributed by atoms with E-state index in [9.17, 15) is 0 Å². The van der Waals surface area contributed by atoms with E-state index in [1.165, 1.54) is 9.75 Å². The number of guanidine groups is 1. The molecule has 0 radical (unpaired) electrons. The molecule has 23 heavy (non-hydrogen) atoms. The van der Waals surface area contributed by atoms with Crippen molar-refractivity contribution in [3.63, 3.8) is 0 Å². The molecule has 1 fully saturated rings. The third-order valence-corrected chi connectivity index (χ3v) is 5.91. The van der Waals surface area contributed by atoms with Gasteiger partial charge in [0.1, 0.15) is 0 Å². The number of aliphatic imine (C=N–C) groups is 1. The van der Waals surface area contributed by atoms with Crippen LogP contribution in [-0.4, -0.2) is 57.3 Å². The van der Waals surface area contributed by atoms with Crippen LogP contribution in [0.5, 0.6) is 0 Å². The van der Waals surface area contributed by atoms with E-state index in [1.807, 2.05) is 18.4 Å². The molecule has 1 aromatic rings. The van der Waals surface area contributed by atoms with Crippen molar-refractivity contribution in [2.45, 2.75) is 38.3 Å². The molecule has 2 heterocycles. The first-order chi connectivity index (χ1) is 11.1. The van der Waals surface area contributed by atoms with E-state index >= 15 is 0 Å². The predicted molar refractivity (Wildman–Crippen MR) is 98.4 cm³/mol. The Labute approximate surface area is 144 Å². The van der Waals surface area contributed by atoms with E-state index in [0.29, 0.717) is 0 Å². The molecule has 2 N–H and O–H groups in total. The molecule has 2 rings (SSSR count). The van der Waals surface area contributed by atoms with Gasteiger partial charge >= 0.3 is 0 Å². The van der Waals surface area contributed by atoms with Crippen molar-refractivity contribution in [1.82, 2.24) is 15.5 Å². The highest BCUT2D eigenvalue weighted by Crippen LogP contribution is 2.25. The van der Waals surface area contributed by atoms with Crippen LogP contribution in [0.1, 0.15) is 29.5 Å². The summed E-state index contributed by atoms with van der Waals surface area (Å²) in [5, 5.41) is 6.92. The second-order valence-corrected chi connectivity index (χ2v) is 7.48. The molecule has 0 aliphatic carbocycles. The van der Waals surface area contributed by atoms with Crippen molar-refractivity contribution in [3.8, 4) is 0 Å². The van der Waals surface area contributed by atoms with Gasteiger partial charge in [-0.1, -0.05) is 6.92 Å². The normalized spacial score (nSPS) is 18.2. The van der Waals surface area contributed by atoms with Crippen LogP contribution in [-0.2, 0) is 17.7 Å². The molecule has 0 bridgehead atoms. The molecule has 1 saturated heterocycles. The monoisotopic (exact) mass is 338 g/mol. The summed E-state index contributed by atoms with van der Waals surface area (Å²) in [5.74, 6) is 0.865. The Bertz CT molecular complexity index is 506. The molecule has 1 aliphatic heterocycles. The number of aryl methyl sites for hydroxylation is 1. The van der Waals surface area contributed by atoms with Crippen LogP contribution in [0, 0.1) is 0 Å². The first-order valence-corrected chi connectivity index (χ1v) is 9.18. The lowest BCUT2D eigenvalue weighted by atomic mass is 9.88. The molecule has 1 aliphatic rings. The van der Waals surface area contributed by atoms with Crippen LogP contribution in [0.15, 0.2) is 17.1 Å². The molecule has 0 atom stereocenters. The molecule has 0 spiro atoms. The Morgan fingerprint density at radius 2 is 1.96 bits per heavy atom. The van der Waals surface area contributed by atoms with Crippen LogP contribution in [0.25, 0.3) is 0 Å². The Balaban J connectivity index is 1.86. The summed E-state index contributed by atoms with van der Waals surface area (Å²) in [4.78, 5) is 9.45. The molecular formula is C17H30N4OS. The van der Waals surface area contributed by atoms with E-state index < -0.39 is 0 Å². The zero-order valence-corrected chi connectivity index (χ0v) is 15.6. The Morgan fingerprint density at radius 3 is 2.52 bits per heavy atom. The van der Waals surface area contributed by atoms with Gasteiger partial charge in [-0.3, -0.25) is 4.99 Å². The van der Waals surface area contributed by atoms with Crippen LogP contribution < -0.4 is 10.6 Å². The minimum absolute atomic E-state index is 0.147. The molecule has 5 nitrogen and oxygen atoms in total. The zero-order chi connectivity index (χ0) is 16.7. The van der Waals surface area contributed by atoms with Crippen molar-refractivity contribution < 1.29 is 4.74 Å². The summed E-state index contributed by atoms with van der Waals surface area (Å²) in [7, 11) is 6.13. The fourth-order valence-electron chi connectivity index (χ4n) is 2.88. The maximum absolute atomic E-state index is 5.53. The van der Waals surface area contributed by atoms with Gasteiger partial charge in [0.2, 0.25) is 0 Å². The van der Waals surface area contributed by atoms with Crippen molar-refractivity contribution in [2.75, 3.05) is 40.9 Å². The summed E-state index contributed by atoms with van der Waals surface area (Å²) in [6.07, 6.45) is 3.20. The largest absolute Gasteiger partial charge is 0.381 e. The lowest BCUT2D eigenvalue weighted by Crippen LogP contribution is -2.57. The summed E-state index contributed by atoms with van der Waals surface area (Å²) < 4.78 is 5.53. The summed E-state index contributed by atoms with van der Waals surface area (Å²) >= 11 is 1.87. The van der Waals surface area contributed by atoms with Crippen LogP contribution >= 0.6 is 11.3 Å². The van der Waals surface area contributed by atoms with Gasteiger partial charge < -0.3 is 20.3 Å². The molecule has 1 aromatic heterocycles. The minimum atomic E-state index is 0.147. The first kappa shape index (κ1) is 18.2. The van der Waals surface area contributed by atoms with E-state index in [1.54, 1.807) is 0 Å². The van der Waals surface area contributed by atoms with Crippen LogP contribution in [0.4, 0.5) is 0 Å². The van der Waals surface area contributed by atoms with Gasteiger partial charge in [0.05, 0.1) is 6.54 Å². The fourth-order valence-corrected chi connectivity index (χ4v) is 3.78. The second kappa shape index (κ2) is 8.66. The van der Waals surface area contributed by atoms with Crippen molar-refractivity contribution in [1.29, 1.82) is 0 Å². The van der Waals surface area contributed by atoms with E-state index in [-0.39, 0.29) is 5.54 Å². The van der Waals surface area contributed by atoms with Gasteiger partial charge in [0.25, 0.3) is 0 Å². The number of rotatable bonds is 6. The maximum Gasteiger partial charge on any atom is 0.191 e. The number of nitrogens with zero attached hydrogens (tertiary/aromatic N) is 2. The smallest absolute Gasteiger partial charge is 0.191 e. The summed E-state index contributed by atoms with van der Waals surface area (Å²) in [6, 6.07) is 4.41. The number of likely N-dealkylation sites (N-methyl/N-ethyl adjacent to an activating group) is 1. The summed E-state index contributed by atoms with van der Waals surface area (Å²) in [5.41, 5.74) is 0.147. The third-order valence-electron chi connectivity index (χ3n) is 4.68. The first-order valence-electron chi connectivity index (χ1n) is 8.37. The number of ether oxygens (including phenoxy) is 1. The molecule has 0 saturated carbocycles. The van der Waals surface area contributed by atoms with Crippen molar-refractivity contribution >= 4 is 17.3 Å². The Kier molecular flexibility index (Phi) is 6.87. The topological polar surface area (TPSA) is 48.9 Å². The van der Waals surface area contributed by atoms with Crippen LogP contribution in [0.3, 0.4) is 0 Å². The number of nitrogens with one attached hydrogen (secondary N) is 2. The van der Waals surface area contributed by atoms with Gasteiger partial charge in [-0.2, -0.15) is 0 Å². The van der Waals surface area contributed by atoms with Gasteiger partial charge in [-0.05, 0) is 45.5 Å². The molecule has 0 amide bonds. The fraction of sp³-hybridized carbons (Fsp3) is 0.706. The molecule has 6 heteroatoms.